The van der Waals surface area contributed by atoms with E-state index in [4.69, 9.17) is 16.3 Å². The number of hydrogen-bond donors (Lipinski definition) is 1. The summed E-state index contributed by atoms with van der Waals surface area (Å²) in [6.45, 7) is 13.0. The summed E-state index contributed by atoms with van der Waals surface area (Å²) in [5.74, 6) is 0.737. The second kappa shape index (κ2) is 12.5. The second-order valence-corrected chi connectivity index (χ2v) is 15.2. The molecule has 3 aliphatic carbocycles. The van der Waals surface area contributed by atoms with Gasteiger partial charge in [-0.1, -0.05) is 37.6 Å². The van der Waals surface area contributed by atoms with Gasteiger partial charge in [-0.2, -0.15) is 0 Å². The lowest BCUT2D eigenvalue weighted by Crippen LogP contribution is -2.36. The van der Waals surface area contributed by atoms with E-state index >= 15 is 0 Å². The van der Waals surface area contributed by atoms with Crippen LogP contribution < -0.4 is 0 Å². The Morgan fingerprint density at radius 1 is 1.09 bits per heavy atom. The van der Waals surface area contributed by atoms with Gasteiger partial charge in [0, 0.05) is 17.5 Å². The van der Waals surface area contributed by atoms with Crippen LogP contribution in [0, 0.1) is 25.1 Å². The summed E-state index contributed by atoms with van der Waals surface area (Å²) in [7, 11) is 2.12. The van der Waals surface area contributed by atoms with E-state index in [1.807, 2.05) is 19.1 Å². The average Bonchev–Trinajstić information content (AvgIpc) is 3.72. The quantitative estimate of drug-likeness (QED) is 0.292. The number of halogens is 2. The van der Waals surface area contributed by atoms with E-state index in [0.717, 1.165) is 98.4 Å². The normalized spacial score (nSPS) is 26.1. The summed E-state index contributed by atoms with van der Waals surface area (Å²) >= 11 is 6.52. The summed E-state index contributed by atoms with van der Waals surface area (Å²) in [6, 6.07) is 9.51. The molecule has 0 bridgehead atoms. The van der Waals surface area contributed by atoms with Crippen molar-refractivity contribution >= 4 is 11.6 Å². The van der Waals surface area contributed by atoms with Crippen LogP contribution in [0.4, 0.5) is 4.39 Å². The van der Waals surface area contributed by atoms with Gasteiger partial charge in [0.2, 0.25) is 0 Å². The highest BCUT2D eigenvalue weighted by atomic mass is 35.5. The molecule has 0 unspecified atom stereocenters. The Hall–Kier alpha value is -1.92. The van der Waals surface area contributed by atoms with Crippen molar-refractivity contribution in [2.75, 3.05) is 33.2 Å². The molecule has 6 heteroatoms. The molecule has 2 aromatic carbocycles. The van der Waals surface area contributed by atoms with Crippen molar-refractivity contribution in [3.8, 4) is 0 Å². The fourth-order valence-corrected chi connectivity index (χ4v) is 8.33. The molecule has 0 aromatic heterocycles. The molecule has 234 valence electrons. The fourth-order valence-electron chi connectivity index (χ4n) is 8.15. The van der Waals surface area contributed by atoms with Crippen LogP contribution in [-0.2, 0) is 4.74 Å². The molecule has 0 spiro atoms. The number of hydrogen-bond acceptors (Lipinski definition) is 4. The van der Waals surface area contributed by atoms with Crippen molar-refractivity contribution in [3.05, 3.63) is 80.3 Å². The first-order chi connectivity index (χ1) is 20.5. The molecule has 1 heterocycles. The molecule has 6 rings (SSSR count). The molecular weight excluding hydrogens is 559 g/mol. The van der Waals surface area contributed by atoms with Crippen LogP contribution in [0.15, 0.2) is 41.7 Å². The standard InChI is InChI=1S/C37H50ClFN2O2/c1-23-6-7-26(38)20-31(23)25(15-18-41-19-16-37(3,4)22-41)14-17-40(5)35-30-12-13-33(39)24(2)34(30)29-11-10-28(43-27-8-9-27)21-32(29)36(35)42/h6-7,12-13,20,25,27-29,35,42H,8-11,14-19,21-22H2,1-5H3/t25-,28+,29+,35-/m1/s1. The first-order valence-corrected chi connectivity index (χ1v) is 16.9. The first-order valence-electron chi connectivity index (χ1n) is 16.6. The maximum atomic E-state index is 15.0. The van der Waals surface area contributed by atoms with Crippen LogP contribution in [0.5, 0.6) is 0 Å². The average molecular weight is 609 g/mol. The third kappa shape index (κ3) is 6.71. The number of nitrogens with zero attached hydrogens (tertiary/aromatic N) is 2. The lowest BCUT2D eigenvalue weighted by Gasteiger charge is -2.42. The van der Waals surface area contributed by atoms with Crippen LogP contribution in [0.25, 0.3) is 0 Å². The van der Waals surface area contributed by atoms with Crippen molar-refractivity contribution in [2.24, 2.45) is 5.41 Å². The van der Waals surface area contributed by atoms with Gasteiger partial charge in [0.15, 0.2) is 0 Å². The topological polar surface area (TPSA) is 35.9 Å². The molecule has 0 radical (unpaired) electrons. The smallest absolute Gasteiger partial charge is 0.126 e. The third-order valence-electron chi connectivity index (χ3n) is 10.8. The SMILES string of the molecule is Cc1ccc(Cl)cc1[C@@H](CCN1CCC(C)(C)C1)CCN(C)[C@H]1C(O)=C2C[C@@H](OC3CC3)CC[C@@H]2c2c1ccc(F)c2C. The van der Waals surface area contributed by atoms with Crippen LogP contribution in [0.3, 0.4) is 0 Å². The minimum Gasteiger partial charge on any atom is -0.510 e. The molecule has 4 atom stereocenters. The zero-order valence-corrected chi connectivity index (χ0v) is 27.5. The first kappa shape index (κ1) is 31.1. The van der Waals surface area contributed by atoms with E-state index in [1.54, 1.807) is 6.07 Å². The van der Waals surface area contributed by atoms with Crippen LogP contribution in [-0.4, -0.2) is 60.3 Å². The Bertz CT molecular complexity index is 1370. The van der Waals surface area contributed by atoms with Crippen molar-refractivity contribution < 1.29 is 14.2 Å². The summed E-state index contributed by atoms with van der Waals surface area (Å²) in [5, 5.41) is 12.7. The van der Waals surface area contributed by atoms with Crippen molar-refractivity contribution in [2.45, 2.75) is 109 Å². The monoisotopic (exact) mass is 608 g/mol. The zero-order chi connectivity index (χ0) is 30.5. The lowest BCUT2D eigenvalue weighted by molar-refractivity contribution is 0.0220. The molecule has 4 aliphatic rings. The van der Waals surface area contributed by atoms with E-state index in [2.05, 4.69) is 49.8 Å². The minimum atomic E-state index is -0.277. The maximum Gasteiger partial charge on any atom is 0.126 e. The number of benzene rings is 2. The summed E-state index contributed by atoms with van der Waals surface area (Å²) < 4.78 is 21.3. The Labute approximate surface area is 263 Å². The third-order valence-corrected chi connectivity index (χ3v) is 11.0. The van der Waals surface area contributed by atoms with Gasteiger partial charge < -0.3 is 14.7 Å². The summed E-state index contributed by atoms with van der Waals surface area (Å²) in [5.41, 5.74) is 6.94. The van der Waals surface area contributed by atoms with Crippen LogP contribution in [0.2, 0.25) is 5.02 Å². The number of ether oxygens (including phenoxy) is 1. The van der Waals surface area contributed by atoms with E-state index < -0.39 is 0 Å². The molecular formula is C37H50ClFN2O2. The number of rotatable bonds is 10. The Kier molecular flexibility index (Phi) is 9.01. The van der Waals surface area contributed by atoms with Gasteiger partial charge in [-0.25, -0.2) is 4.39 Å². The number of likely N-dealkylation sites (N-methyl/N-ethyl adjacent to an activating group) is 1. The Morgan fingerprint density at radius 2 is 1.86 bits per heavy atom. The van der Waals surface area contributed by atoms with E-state index in [9.17, 15) is 9.50 Å². The van der Waals surface area contributed by atoms with Crippen molar-refractivity contribution in [1.82, 2.24) is 9.80 Å². The van der Waals surface area contributed by atoms with E-state index in [0.29, 0.717) is 23.2 Å². The molecule has 2 saturated carbocycles. The molecule has 4 nitrogen and oxygen atoms in total. The molecule has 0 amide bonds. The number of aliphatic hydroxyl groups excluding tert-OH is 1. The van der Waals surface area contributed by atoms with E-state index in [1.165, 1.54) is 17.5 Å². The van der Waals surface area contributed by atoms with Gasteiger partial charge in [0.1, 0.15) is 11.6 Å². The maximum absolute atomic E-state index is 15.0. The van der Waals surface area contributed by atoms with Crippen LogP contribution in [0.1, 0.15) is 111 Å². The molecule has 1 saturated heterocycles. The highest BCUT2D eigenvalue weighted by Gasteiger charge is 2.42. The fraction of sp³-hybridized carbons (Fsp3) is 0.622. The Morgan fingerprint density at radius 3 is 2.58 bits per heavy atom. The highest BCUT2D eigenvalue weighted by molar-refractivity contribution is 6.30. The highest BCUT2D eigenvalue weighted by Crippen LogP contribution is 2.51. The zero-order valence-electron chi connectivity index (χ0n) is 26.8. The molecule has 1 aliphatic heterocycles. The largest absolute Gasteiger partial charge is 0.510 e. The molecule has 3 fully saturated rings. The van der Waals surface area contributed by atoms with Gasteiger partial charge in [0.05, 0.1) is 18.2 Å². The lowest BCUT2D eigenvalue weighted by atomic mass is 9.69. The predicted molar refractivity (Wildman–Crippen MR) is 174 cm³/mol. The number of likely N-dealkylation sites (tertiary alicyclic amines) is 1. The van der Waals surface area contributed by atoms with Crippen LogP contribution >= 0.6 is 11.6 Å². The number of aliphatic hydroxyl groups is 1. The number of aryl methyl sites for hydroxylation is 1. The van der Waals surface area contributed by atoms with E-state index in [-0.39, 0.29) is 23.9 Å². The van der Waals surface area contributed by atoms with Gasteiger partial charge >= 0.3 is 0 Å². The second-order valence-electron chi connectivity index (χ2n) is 14.7. The van der Waals surface area contributed by atoms with Gasteiger partial charge in [-0.3, -0.25) is 4.90 Å². The summed E-state index contributed by atoms with van der Waals surface area (Å²) in [6.07, 6.45) is 8.70. The number of fused-ring (bicyclic) bond motifs is 3. The molecule has 2 aromatic rings. The van der Waals surface area contributed by atoms with Gasteiger partial charge in [-0.15, -0.1) is 0 Å². The molecule has 1 N–H and O–H groups in total. The van der Waals surface area contributed by atoms with Crippen molar-refractivity contribution in [3.63, 3.8) is 0 Å². The molecule has 43 heavy (non-hydrogen) atoms. The van der Waals surface area contributed by atoms with Gasteiger partial charge in [0.25, 0.3) is 0 Å². The summed E-state index contributed by atoms with van der Waals surface area (Å²) in [4.78, 5) is 4.91. The minimum absolute atomic E-state index is 0.0703. The van der Waals surface area contributed by atoms with Gasteiger partial charge in [-0.05, 0) is 155 Å². The van der Waals surface area contributed by atoms with Crippen molar-refractivity contribution in [1.29, 1.82) is 0 Å². The predicted octanol–water partition coefficient (Wildman–Crippen LogP) is 9.01. The Balaban J connectivity index is 1.25.